The number of hydrogen-bond donors (Lipinski definition) is 2. The molecule has 6 nitrogen and oxygen atoms in total. The summed E-state index contributed by atoms with van der Waals surface area (Å²) in [6, 6.07) is 10.6. The third-order valence-electron chi connectivity index (χ3n) is 5.24. The highest BCUT2D eigenvalue weighted by Crippen LogP contribution is 2.31. The lowest BCUT2D eigenvalue weighted by molar-refractivity contribution is -0.137. The van der Waals surface area contributed by atoms with E-state index in [0.717, 1.165) is 30.7 Å². The maximum Gasteiger partial charge on any atom is 0.416 e. The van der Waals surface area contributed by atoms with E-state index in [4.69, 9.17) is 5.41 Å². The summed E-state index contributed by atoms with van der Waals surface area (Å²) in [7, 11) is 0. The van der Waals surface area contributed by atoms with Crippen LogP contribution in [-0.4, -0.2) is 20.6 Å². The minimum atomic E-state index is -4.55. The molecule has 11 heteroatoms. The van der Waals surface area contributed by atoms with Gasteiger partial charge in [0.05, 0.1) is 16.9 Å². The first-order chi connectivity index (χ1) is 17.1. The summed E-state index contributed by atoms with van der Waals surface area (Å²) in [6.45, 7) is 1.74. The smallest absolute Gasteiger partial charge is 0.354 e. The molecule has 2 aromatic heterocycles. The van der Waals surface area contributed by atoms with Crippen molar-refractivity contribution in [3.8, 4) is 11.4 Å². The molecule has 0 bridgehead atoms. The van der Waals surface area contributed by atoms with Crippen molar-refractivity contribution in [1.82, 2.24) is 14.3 Å². The molecule has 0 atom stereocenters. The molecule has 0 saturated carbocycles. The predicted molar refractivity (Wildman–Crippen MR) is 126 cm³/mol. The Morgan fingerprint density at radius 2 is 1.78 bits per heavy atom. The Morgan fingerprint density at radius 3 is 2.42 bits per heavy atom. The minimum absolute atomic E-state index is 0.0243. The van der Waals surface area contributed by atoms with Crippen molar-refractivity contribution < 1.29 is 22.0 Å². The first-order valence-electron chi connectivity index (χ1n) is 10.5. The molecule has 184 valence electrons. The number of benzene rings is 2. The van der Waals surface area contributed by atoms with Crippen molar-refractivity contribution in [2.45, 2.75) is 13.1 Å². The van der Waals surface area contributed by atoms with E-state index in [1.54, 1.807) is 25.1 Å². The summed E-state index contributed by atoms with van der Waals surface area (Å²) >= 11 is 0. The van der Waals surface area contributed by atoms with Crippen LogP contribution in [0.2, 0.25) is 0 Å². The van der Waals surface area contributed by atoms with Gasteiger partial charge in [0.25, 0.3) is 0 Å². The van der Waals surface area contributed by atoms with Crippen LogP contribution >= 0.6 is 0 Å². The predicted octanol–water partition coefficient (Wildman–Crippen LogP) is 5.73. The number of aromatic nitrogens is 3. The molecular formula is C25H18F5N5O. The zero-order valence-corrected chi connectivity index (χ0v) is 18.6. The van der Waals surface area contributed by atoms with Crippen LogP contribution in [-0.2, 0) is 6.18 Å². The largest absolute Gasteiger partial charge is 0.416 e. The molecule has 0 aliphatic carbocycles. The van der Waals surface area contributed by atoms with E-state index in [1.165, 1.54) is 39.7 Å². The van der Waals surface area contributed by atoms with Crippen molar-refractivity contribution in [3.63, 3.8) is 0 Å². The second-order valence-corrected chi connectivity index (χ2v) is 7.76. The molecule has 0 aliphatic rings. The Kier molecular flexibility index (Phi) is 6.56. The summed E-state index contributed by atoms with van der Waals surface area (Å²) in [5, 5.41) is 14.5. The molecule has 4 aromatic rings. The molecule has 0 spiro atoms. The number of anilines is 1. The topological polar surface area (TPSA) is 75.7 Å². The molecule has 0 fully saturated rings. The molecule has 0 unspecified atom stereocenters. The zero-order chi connectivity index (χ0) is 26.0. The minimum Gasteiger partial charge on any atom is -0.354 e. The fraction of sp³-hybridized carbons (Fsp3) is 0.0800. The molecule has 2 aromatic carbocycles. The van der Waals surface area contributed by atoms with Crippen LogP contribution < -0.4 is 10.7 Å². The summed E-state index contributed by atoms with van der Waals surface area (Å²) in [4.78, 5) is 12.6. The van der Waals surface area contributed by atoms with E-state index in [2.05, 4.69) is 10.4 Å². The molecule has 2 heterocycles. The van der Waals surface area contributed by atoms with Gasteiger partial charge in [-0.2, -0.15) is 18.3 Å². The van der Waals surface area contributed by atoms with Gasteiger partial charge >= 0.3 is 6.18 Å². The van der Waals surface area contributed by atoms with Gasteiger partial charge in [0.1, 0.15) is 0 Å². The average Bonchev–Trinajstić information content (AvgIpc) is 3.17. The van der Waals surface area contributed by atoms with Crippen LogP contribution in [0.4, 0.5) is 27.6 Å². The molecule has 0 aliphatic heterocycles. The van der Waals surface area contributed by atoms with Gasteiger partial charge in [-0.3, -0.25) is 4.79 Å². The van der Waals surface area contributed by atoms with Crippen molar-refractivity contribution in [2.75, 3.05) is 5.32 Å². The van der Waals surface area contributed by atoms with E-state index in [0.29, 0.717) is 16.9 Å². The van der Waals surface area contributed by atoms with Crippen LogP contribution in [0.5, 0.6) is 0 Å². The SMILES string of the molecule is Cc1cc(-n2cc(F)c(F)c2)ccc1-n1ccc(=O)c(/C(=C/C=N)Nc2cccc(C(F)(F)F)c2)n1. The van der Waals surface area contributed by atoms with Gasteiger partial charge < -0.3 is 15.3 Å². The molecule has 2 N–H and O–H groups in total. The van der Waals surface area contributed by atoms with Gasteiger partial charge in [0.2, 0.25) is 5.43 Å². The van der Waals surface area contributed by atoms with E-state index in [-0.39, 0.29) is 17.1 Å². The number of hydrogen-bond acceptors (Lipinski definition) is 4. The summed E-state index contributed by atoms with van der Waals surface area (Å²) < 4.78 is 68.8. The van der Waals surface area contributed by atoms with Gasteiger partial charge in [0, 0.05) is 42.2 Å². The number of alkyl halides is 3. The van der Waals surface area contributed by atoms with Gasteiger partial charge in [0.15, 0.2) is 17.3 Å². The lowest BCUT2D eigenvalue weighted by Gasteiger charge is -2.15. The molecule has 0 saturated heterocycles. The van der Waals surface area contributed by atoms with Crippen LogP contribution in [0.1, 0.15) is 16.8 Å². The summed E-state index contributed by atoms with van der Waals surface area (Å²) in [6.07, 6.45) is 0.960. The van der Waals surface area contributed by atoms with Crippen LogP contribution in [0.15, 0.2) is 78.0 Å². The zero-order valence-electron chi connectivity index (χ0n) is 18.6. The Hall–Kier alpha value is -4.54. The summed E-state index contributed by atoms with van der Waals surface area (Å²) in [5.41, 5.74) is 0.253. The van der Waals surface area contributed by atoms with Crippen LogP contribution in [0.3, 0.4) is 0 Å². The van der Waals surface area contributed by atoms with Crippen molar-refractivity contribution in [1.29, 1.82) is 5.41 Å². The number of nitrogens with zero attached hydrogens (tertiary/aromatic N) is 3. The van der Waals surface area contributed by atoms with Gasteiger partial charge in [-0.25, -0.2) is 13.5 Å². The number of allylic oxidation sites excluding steroid dienone is 1. The van der Waals surface area contributed by atoms with Gasteiger partial charge in [-0.05, 0) is 55.0 Å². The van der Waals surface area contributed by atoms with Crippen molar-refractivity contribution in [2.24, 2.45) is 0 Å². The van der Waals surface area contributed by atoms with Gasteiger partial charge in [-0.1, -0.05) is 6.07 Å². The Bertz CT molecular complexity index is 1520. The van der Waals surface area contributed by atoms with E-state index in [9.17, 15) is 26.7 Å². The number of aryl methyl sites for hydroxylation is 1. The second kappa shape index (κ2) is 9.61. The van der Waals surface area contributed by atoms with Crippen molar-refractivity contribution >= 4 is 17.6 Å². The third-order valence-corrected chi connectivity index (χ3v) is 5.24. The Labute approximate surface area is 201 Å². The molecule has 4 rings (SSSR count). The lowest BCUT2D eigenvalue weighted by atomic mass is 10.1. The Morgan fingerprint density at radius 1 is 1.06 bits per heavy atom. The number of nitrogens with one attached hydrogen (secondary N) is 2. The standard InChI is InChI=1S/C25H18F5N5O/c1-15-11-18(34-13-19(26)20(27)14-34)5-6-22(15)35-10-8-23(36)24(33-35)21(7-9-31)32-17-4-2-3-16(12-17)25(28,29)30/h2-14,31-32H,1H3/b21-7-,31-9?. The fourth-order valence-electron chi connectivity index (χ4n) is 3.53. The van der Waals surface area contributed by atoms with E-state index < -0.39 is 28.8 Å². The lowest BCUT2D eigenvalue weighted by Crippen LogP contribution is -2.19. The monoisotopic (exact) mass is 499 g/mol. The normalized spacial score (nSPS) is 12.0. The summed E-state index contributed by atoms with van der Waals surface area (Å²) in [5.74, 6) is -1.97. The first kappa shape index (κ1) is 24.6. The molecular weight excluding hydrogens is 481 g/mol. The first-order valence-corrected chi connectivity index (χ1v) is 10.5. The van der Waals surface area contributed by atoms with Gasteiger partial charge in [-0.15, -0.1) is 0 Å². The highest BCUT2D eigenvalue weighted by atomic mass is 19.4. The maximum absolute atomic E-state index is 13.4. The van der Waals surface area contributed by atoms with Crippen LogP contribution in [0.25, 0.3) is 17.1 Å². The molecule has 0 radical (unpaired) electrons. The molecule has 36 heavy (non-hydrogen) atoms. The fourth-order valence-corrected chi connectivity index (χ4v) is 3.53. The molecule has 0 amide bonds. The van der Waals surface area contributed by atoms with E-state index in [1.807, 2.05) is 0 Å². The quantitative estimate of drug-likeness (QED) is 0.263. The van der Waals surface area contributed by atoms with E-state index >= 15 is 0 Å². The maximum atomic E-state index is 13.4. The highest BCUT2D eigenvalue weighted by Gasteiger charge is 2.30. The highest BCUT2D eigenvalue weighted by molar-refractivity contribution is 5.87. The average molecular weight is 499 g/mol. The number of rotatable bonds is 6. The number of halogens is 5. The van der Waals surface area contributed by atoms with Crippen LogP contribution in [0, 0.1) is 24.0 Å². The van der Waals surface area contributed by atoms with Crippen molar-refractivity contribution in [3.05, 3.63) is 112 Å². The third kappa shape index (κ3) is 5.09. The second-order valence-electron chi connectivity index (χ2n) is 7.76. The Balaban J connectivity index is 1.71.